The average molecular weight is 280 g/mol. The lowest BCUT2D eigenvalue weighted by Crippen LogP contribution is -2.03. The van der Waals surface area contributed by atoms with Crippen LogP contribution in [0.15, 0.2) is 42.5 Å². The molecule has 3 nitrogen and oxygen atoms in total. The fourth-order valence-electron chi connectivity index (χ4n) is 2.64. The van der Waals surface area contributed by atoms with Gasteiger partial charge in [-0.05, 0) is 38.1 Å². The molecule has 0 aliphatic carbocycles. The number of hydrogen-bond donors (Lipinski definition) is 2. The lowest BCUT2D eigenvalue weighted by Gasteiger charge is -2.02. The summed E-state index contributed by atoms with van der Waals surface area (Å²) in [6.45, 7) is 0. The van der Waals surface area contributed by atoms with Crippen LogP contribution in [0.4, 0.5) is 11.4 Å². The molecule has 2 aliphatic rings. The second-order valence-electron chi connectivity index (χ2n) is 4.95. The van der Waals surface area contributed by atoms with E-state index in [-0.39, 0.29) is 5.91 Å². The van der Waals surface area contributed by atoms with E-state index in [1.807, 2.05) is 30.3 Å². The van der Waals surface area contributed by atoms with Gasteiger partial charge in [0.2, 0.25) is 0 Å². The Labute approximate surface area is 118 Å². The molecule has 0 aromatic heterocycles. The van der Waals surface area contributed by atoms with E-state index in [2.05, 4.69) is 28.6 Å². The van der Waals surface area contributed by atoms with E-state index in [4.69, 9.17) is 0 Å². The van der Waals surface area contributed by atoms with Crippen LogP contribution in [0.5, 0.6) is 0 Å². The van der Waals surface area contributed by atoms with Gasteiger partial charge in [0.25, 0.3) is 5.91 Å². The molecule has 2 N–H and O–H groups in total. The second kappa shape index (κ2) is 4.46. The Morgan fingerprint density at radius 3 is 2.95 bits per heavy atom. The normalized spacial score (nSPS) is 18.8. The van der Waals surface area contributed by atoms with Crippen molar-refractivity contribution in [2.24, 2.45) is 0 Å². The van der Waals surface area contributed by atoms with Crippen molar-refractivity contribution in [3.8, 4) is 0 Å². The second-order valence-corrected chi connectivity index (χ2v) is 5.91. The Balaban J connectivity index is 1.79. The van der Waals surface area contributed by atoms with E-state index in [0.717, 1.165) is 37.3 Å². The molecule has 0 fully saturated rings. The van der Waals surface area contributed by atoms with Gasteiger partial charge in [-0.1, -0.05) is 30.3 Å². The largest absolute Gasteiger partial charge is 0.366 e. The predicted octanol–water partition coefficient (Wildman–Crippen LogP) is 3.70. The van der Waals surface area contributed by atoms with Crippen molar-refractivity contribution in [2.45, 2.75) is 6.16 Å². The molecule has 4 rings (SSSR count). The Bertz CT molecular complexity index is 752. The number of para-hydroxylation sites is 1. The lowest BCUT2D eigenvalue weighted by atomic mass is 10.0. The quantitative estimate of drug-likeness (QED) is 0.617. The van der Waals surface area contributed by atoms with Gasteiger partial charge in [0.15, 0.2) is 0 Å². The van der Waals surface area contributed by atoms with Gasteiger partial charge >= 0.3 is 0 Å². The number of hydrogen-bond acceptors (Lipinski definition) is 2. The van der Waals surface area contributed by atoms with Crippen LogP contribution in [0.2, 0.25) is 0 Å². The van der Waals surface area contributed by atoms with Gasteiger partial charge in [0.05, 0.1) is 0 Å². The van der Waals surface area contributed by atoms with Crippen molar-refractivity contribution in [2.75, 3.05) is 10.4 Å². The number of amides is 1. The minimum Gasteiger partial charge on any atom is -0.366 e. The summed E-state index contributed by atoms with van der Waals surface area (Å²) in [5.74, 6) is -0.0264. The van der Waals surface area contributed by atoms with E-state index in [1.165, 1.54) is 11.3 Å². The molecule has 20 heavy (non-hydrogen) atoms. The Hall–Kier alpha value is -2.12. The van der Waals surface area contributed by atoms with Crippen LogP contribution in [0, 0.1) is 0 Å². The maximum Gasteiger partial charge on any atom is 0.256 e. The number of carbonyl (C=O) groups excluding carboxylic acids is 1. The first-order chi connectivity index (χ1) is 9.81. The van der Waals surface area contributed by atoms with Gasteiger partial charge in [0.1, 0.15) is 0 Å². The highest BCUT2D eigenvalue weighted by molar-refractivity contribution is 7.39. The Morgan fingerprint density at radius 2 is 2.00 bits per heavy atom. The molecule has 2 heterocycles. The first kappa shape index (κ1) is 11.7. The molecular formula is C16H13N2OP. The number of nitrogens with one attached hydrogen (secondary N) is 2. The van der Waals surface area contributed by atoms with Crippen molar-refractivity contribution in [1.82, 2.24) is 0 Å². The van der Waals surface area contributed by atoms with E-state index in [9.17, 15) is 4.79 Å². The van der Waals surface area contributed by atoms with Crippen molar-refractivity contribution in [3.63, 3.8) is 0 Å². The number of carbonyl (C=O) groups is 1. The van der Waals surface area contributed by atoms with Gasteiger partial charge in [0, 0.05) is 28.7 Å². The summed E-state index contributed by atoms with van der Waals surface area (Å²) < 4.78 is 0. The molecule has 0 spiro atoms. The summed E-state index contributed by atoms with van der Waals surface area (Å²) in [5, 5.41) is 6.29. The molecule has 1 unspecified atom stereocenters. The molecule has 1 amide bonds. The number of anilines is 2. The molecule has 98 valence electrons. The molecule has 0 bridgehead atoms. The molecule has 4 heteroatoms. The number of rotatable bonds is 1. The summed E-state index contributed by atoms with van der Waals surface area (Å²) in [6.07, 6.45) is 3.07. The molecule has 0 saturated heterocycles. The number of fused-ring (bicyclic) bond motifs is 2. The van der Waals surface area contributed by atoms with Crippen LogP contribution >= 0.6 is 8.73 Å². The topological polar surface area (TPSA) is 41.1 Å². The molecule has 1 atom stereocenters. The van der Waals surface area contributed by atoms with E-state index in [0.29, 0.717) is 0 Å². The Morgan fingerprint density at radius 1 is 1.10 bits per heavy atom. The van der Waals surface area contributed by atoms with Crippen LogP contribution in [0.25, 0.3) is 11.6 Å². The minimum absolute atomic E-state index is 0.0264. The predicted molar refractivity (Wildman–Crippen MR) is 85.0 cm³/mol. The monoisotopic (exact) mass is 280 g/mol. The van der Waals surface area contributed by atoms with Gasteiger partial charge in [-0.25, -0.2) is 0 Å². The SMILES string of the molecule is O=C1Nc2ccccc2/C1=C\c1ccc2c(c1)NPC2. The first-order valence-electron chi connectivity index (χ1n) is 6.55. The van der Waals surface area contributed by atoms with Crippen molar-refractivity contribution >= 4 is 37.7 Å². The summed E-state index contributed by atoms with van der Waals surface area (Å²) >= 11 is 0. The minimum atomic E-state index is -0.0264. The van der Waals surface area contributed by atoms with Crippen LogP contribution < -0.4 is 10.4 Å². The zero-order valence-electron chi connectivity index (χ0n) is 10.7. The molecule has 2 aromatic rings. The van der Waals surface area contributed by atoms with Crippen LogP contribution in [0.3, 0.4) is 0 Å². The van der Waals surface area contributed by atoms with Crippen LogP contribution in [-0.4, -0.2) is 5.91 Å². The first-order valence-corrected chi connectivity index (χ1v) is 7.76. The third kappa shape index (κ3) is 1.83. The highest BCUT2D eigenvalue weighted by Crippen LogP contribution is 2.37. The molecule has 2 aliphatic heterocycles. The lowest BCUT2D eigenvalue weighted by molar-refractivity contribution is -0.110. The van der Waals surface area contributed by atoms with E-state index < -0.39 is 0 Å². The molecule has 0 saturated carbocycles. The fraction of sp³-hybridized carbons (Fsp3) is 0.0625. The third-order valence-electron chi connectivity index (χ3n) is 3.66. The highest BCUT2D eigenvalue weighted by Gasteiger charge is 2.23. The van der Waals surface area contributed by atoms with Crippen molar-refractivity contribution < 1.29 is 4.79 Å². The van der Waals surface area contributed by atoms with E-state index in [1.54, 1.807) is 0 Å². The summed E-state index contributed by atoms with van der Waals surface area (Å²) in [4.78, 5) is 12.1. The highest BCUT2D eigenvalue weighted by atomic mass is 31.1. The van der Waals surface area contributed by atoms with E-state index >= 15 is 0 Å². The smallest absolute Gasteiger partial charge is 0.256 e. The maximum absolute atomic E-state index is 12.1. The third-order valence-corrected chi connectivity index (χ3v) is 4.66. The van der Waals surface area contributed by atoms with Gasteiger partial charge in [-0.15, -0.1) is 0 Å². The van der Waals surface area contributed by atoms with Gasteiger partial charge in [-0.3, -0.25) is 4.79 Å². The average Bonchev–Trinajstić information content (AvgIpc) is 3.04. The zero-order valence-corrected chi connectivity index (χ0v) is 11.7. The number of benzene rings is 2. The zero-order chi connectivity index (χ0) is 13.5. The standard InChI is InChI=1S/C16H13N2OP/c19-16-13(12-3-1-2-4-14(12)17-16)7-10-5-6-11-9-20-18-15(11)8-10/h1-8,18,20H,9H2,(H,17,19)/b13-7+. The molecule has 0 radical (unpaired) electrons. The summed E-state index contributed by atoms with van der Waals surface area (Å²) in [5.41, 5.74) is 6.23. The summed E-state index contributed by atoms with van der Waals surface area (Å²) in [6, 6.07) is 14.1. The van der Waals surface area contributed by atoms with Crippen LogP contribution in [0.1, 0.15) is 16.7 Å². The van der Waals surface area contributed by atoms with Crippen molar-refractivity contribution in [3.05, 3.63) is 59.2 Å². The van der Waals surface area contributed by atoms with Crippen LogP contribution in [-0.2, 0) is 11.0 Å². The molecular weight excluding hydrogens is 267 g/mol. The van der Waals surface area contributed by atoms with Gasteiger partial charge in [-0.2, -0.15) is 0 Å². The fourth-order valence-corrected chi connectivity index (χ4v) is 3.65. The van der Waals surface area contributed by atoms with Crippen molar-refractivity contribution in [1.29, 1.82) is 0 Å². The molecule has 2 aromatic carbocycles. The maximum atomic E-state index is 12.1. The summed E-state index contributed by atoms with van der Waals surface area (Å²) in [7, 11) is 0.767. The Kier molecular flexibility index (Phi) is 2.61. The van der Waals surface area contributed by atoms with Gasteiger partial charge < -0.3 is 10.4 Å².